The molecule has 25 heavy (non-hydrogen) atoms. The standard InChI is InChI=1S/C17H27N3O4S/c1-4-20(12-17(21)22)15-9-14(10-15)18-25(23,24)16-7-5-13(6-8-16)11-19(2)3/h5-8,14-15,18H,4,9-12H2,1-3H3,(H,21,22). The third-order valence-corrected chi connectivity index (χ3v) is 5.96. The van der Waals surface area contributed by atoms with Crippen LogP contribution in [-0.2, 0) is 21.4 Å². The molecule has 1 aliphatic carbocycles. The molecule has 0 amide bonds. The number of carbonyl (C=O) groups is 1. The molecule has 140 valence electrons. The van der Waals surface area contributed by atoms with Gasteiger partial charge in [0, 0.05) is 18.6 Å². The highest BCUT2D eigenvalue weighted by molar-refractivity contribution is 7.89. The maximum atomic E-state index is 12.5. The molecule has 0 radical (unpaired) electrons. The van der Waals surface area contributed by atoms with E-state index in [0.29, 0.717) is 19.4 Å². The topological polar surface area (TPSA) is 90.0 Å². The van der Waals surface area contributed by atoms with E-state index in [2.05, 4.69) is 4.72 Å². The van der Waals surface area contributed by atoms with Gasteiger partial charge in [0.05, 0.1) is 11.4 Å². The van der Waals surface area contributed by atoms with E-state index in [0.717, 1.165) is 12.1 Å². The molecule has 2 N–H and O–H groups in total. The molecule has 2 rings (SSSR count). The molecule has 1 fully saturated rings. The first kappa shape index (κ1) is 19.8. The highest BCUT2D eigenvalue weighted by Gasteiger charge is 2.36. The fourth-order valence-corrected chi connectivity index (χ4v) is 4.34. The van der Waals surface area contributed by atoms with E-state index in [1.54, 1.807) is 12.1 Å². The second-order valence-electron chi connectivity index (χ2n) is 6.78. The summed E-state index contributed by atoms with van der Waals surface area (Å²) < 4.78 is 27.6. The lowest BCUT2D eigenvalue weighted by Crippen LogP contribution is -2.54. The Morgan fingerprint density at radius 2 is 1.84 bits per heavy atom. The summed E-state index contributed by atoms with van der Waals surface area (Å²) in [6, 6.07) is 6.88. The summed E-state index contributed by atoms with van der Waals surface area (Å²) in [6.45, 7) is 3.31. The third kappa shape index (κ3) is 5.50. The first-order valence-electron chi connectivity index (χ1n) is 8.43. The quantitative estimate of drug-likeness (QED) is 0.674. The lowest BCUT2D eigenvalue weighted by atomic mass is 9.86. The minimum atomic E-state index is -3.54. The average Bonchev–Trinajstić information content (AvgIpc) is 2.48. The van der Waals surface area contributed by atoms with Crippen LogP contribution in [0.15, 0.2) is 29.2 Å². The van der Waals surface area contributed by atoms with Gasteiger partial charge in [-0.2, -0.15) is 0 Å². The minimum Gasteiger partial charge on any atom is -0.480 e. The SMILES string of the molecule is CCN(CC(=O)O)C1CC(NS(=O)(=O)c2ccc(CN(C)C)cc2)C1. The van der Waals surface area contributed by atoms with Gasteiger partial charge in [-0.1, -0.05) is 19.1 Å². The first-order chi connectivity index (χ1) is 11.7. The summed E-state index contributed by atoms with van der Waals surface area (Å²) in [4.78, 5) is 15.0. The number of nitrogens with one attached hydrogen (secondary N) is 1. The highest BCUT2D eigenvalue weighted by atomic mass is 32.2. The Morgan fingerprint density at radius 3 is 2.32 bits per heavy atom. The molecular weight excluding hydrogens is 342 g/mol. The summed E-state index contributed by atoms with van der Waals surface area (Å²) >= 11 is 0. The Labute approximate surface area is 149 Å². The Bertz CT molecular complexity index is 682. The molecule has 0 aliphatic heterocycles. The maximum Gasteiger partial charge on any atom is 0.317 e. The smallest absolute Gasteiger partial charge is 0.317 e. The molecule has 8 heteroatoms. The summed E-state index contributed by atoms with van der Waals surface area (Å²) in [6.07, 6.45) is 1.28. The largest absolute Gasteiger partial charge is 0.480 e. The lowest BCUT2D eigenvalue weighted by molar-refractivity contribution is -0.139. The normalized spacial score (nSPS) is 20.7. The van der Waals surface area contributed by atoms with Crippen molar-refractivity contribution in [2.24, 2.45) is 0 Å². The van der Waals surface area contributed by atoms with Crippen molar-refractivity contribution in [1.29, 1.82) is 0 Å². The number of likely N-dealkylation sites (N-methyl/N-ethyl adjacent to an activating group) is 1. The molecule has 0 bridgehead atoms. The van der Waals surface area contributed by atoms with Crippen molar-refractivity contribution >= 4 is 16.0 Å². The van der Waals surface area contributed by atoms with E-state index in [9.17, 15) is 13.2 Å². The second-order valence-corrected chi connectivity index (χ2v) is 8.50. The van der Waals surface area contributed by atoms with Crippen molar-refractivity contribution in [1.82, 2.24) is 14.5 Å². The molecule has 1 saturated carbocycles. The maximum absolute atomic E-state index is 12.5. The number of rotatable bonds is 9. The molecule has 7 nitrogen and oxygen atoms in total. The van der Waals surface area contributed by atoms with E-state index in [1.165, 1.54) is 0 Å². The van der Waals surface area contributed by atoms with Gasteiger partial charge < -0.3 is 10.0 Å². The van der Waals surface area contributed by atoms with Crippen LogP contribution in [0.1, 0.15) is 25.3 Å². The predicted molar refractivity (Wildman–Crippen MR) is 95.8 cm³/mol. The molecule has 1 aromatic carbocycles. The highest BCUT2D eigenvalue weighted by Crippen LogP contribution is 2.27. The molecular formula is C17H27N3O4S. The van der Waals surface area contributed by atoms with Gasteiger partial charge in [-0.15, -0.1) is 0 Å². The molecule has 0 atom stereocenters. The van der Waals surface area contributed by atoms with E-state index in [1.807, 2.05) is 43.0 Å². The van der Waals surface area contributed by atoms with Crippen molar-refractivity contribution < 1.29 is 18.3 Å². The number of benzene rings is 1. The Hall–Kier alpha value is -1.48. The van der Waals surface area contributed by atoms with Gasteiger partial charge >= 0.3 is 5.97 Å². The summed E-state index contributed by atoms with van der Waals surface area (Å²) in [5.41, 5.74) is 1.06. The van der Waals surface area contributed by atoms with Crippen molar-refractivity contribution in [3.8, 4) is 0 Å². The molecule has 1 aliphatic rings. The van der Waals surface area contributed by atoms with Crippen LogP contribution in [0.2, 0.25) is 0 Å². The fraction of sp³-hybridized carbons (Fsp3) is 0.588. The van der Waals surface area contributed by atoms with Crippen LogP contribution in [0.3, 0.4) is 0 Å². The number of nitrogens with zero attached hydrogens (tertiary/aromatic N) is 2. The van der Waals surface area contributed by atoms with Crippen molar-refractivity contribution in [3.05, 3.63) is 29.8 Å². The Morgan fingerprint density at radius 1 is 1.24 bits per heavy atom. The Balaban J connectivity index is 1.91. The molecule has 0 unspecified atom stereocenters. The van der Waals surface area contributed by atoms with E-state index in [-0.39, 0.29) is 23.5 Å². The van der Waals surface area contributed by atoms with Gasteiger partial charge in [0.15, 0.2) is 0 Å². The van der Waals surface area contributed by atoms with Crippen LogP contribution in [0.25, 0.3) is 0 Å². The number of hydrogen-bond donors (Lipinski definition) is 2. The molecule has 0 spiro atoms. The summed E-state index contributed by atoms with van der Waals surface area (Å²) in [5.74, 6) is -0.858. The van der Waals surface area contributed by atoms with E-state index >= 15 is 0 Å². The van der Waals surface area contributed by atoms with Gasteiger partial charge in [0.1, 0.15) is 0 Å². The number of carboxylic acids is 1. The number of hydrogen-bond acceptors (Lipinski definition) is 5. The summed E-state index contributed by atoms with van der Waals surface area (Å²) in [5, 5.41) is 8.91. The van der Waals surface area contributed by atoms with E-state index in [4.69, 9.17) is 5.11 Å². The van der Waals surface area contributed by atoms with Crippen LogP contribution in [0, 0.1) is 0 Å². The van der Waals surface area contributed by atoms with Crippen LogP contribution < -0.4 is 4.72 Å². The van der Waals surface area contributed by atoms with Crippen LogP contribution >= 0.6 is 0 Å². The van der Waals surface area contributed by atoms with Crippen LogP contribution in [0.4, 0.5) is 0 Å². The van der Waals surface area contributed by atoms with Gasteiger partial charge in [0.2, 0.25) is 10.0 Å². The fourth-order valence-electron chi connectivity index (χ4n) is 3.08. The second kappa shape index (κ2) is 8.27. The van der Waals surface area contributed by atoms with Gasteiger partial charge in [0.25, 0.3) is 0 Å². The molecule has 1 aromatic rings. The van der Waals surface area contributed by atoms with Crippen molar-refractivity contribution in [3.63, 3.8) is 0 Å². The zero-order valence-electron chi connectivity index (χ0n) is 15.0. The minimum absolute atomic E-state index is 0.00598. The predicted octanol–water partition coefficient (Wildman–Crippen LogP) is 0.964. The monoisotopic (exact) mass is 369 g/mol. The van der Waals surface area contributed by atoms with E-state index < -0.39 is 16.0 Å². The first-order valence-corrected chi connectivity index (χ1v) is 9.91. The molecule has 0 aromatic heterocycles. The lowest BCUT2D eigenvalue weighted by Gasteiger charge is -2.42. The summed E-state index contributed by atoms with van der Waals surface area (Å²) in [7, 11) is 0.380. The number of aliphatic carboxylic acids is 1. The van der Waals surface area contributed by atoms with Crippen LogP contribution in [-0.4, -0.2) is 68.6 Å². The van der Waals surface area contributed by atoms with Gasteiger partial charge in [-0.05, 0) is 51.2 Å². The average molecular weight is 369 g/mol. The van der Waals surface area contributed by atoms with Gasteiger partial charge in [-0.25, -0.2) is 13.1 Å². The zero-order chi connectivity index (χ0) is 18.6. The third-order valence-electron chi connectivity index (χ3n) is 4.43. The van der Waals surface area contributed by atoms with Crippen LogP contribution in [0.5, 0.6) is 0 Å². The number of sulfonamides is 1. The van der Waals surface area contributed by atoms with Crippen molar-refractivity contribution in [2.75, 3.05) is 27.2 Å². The van der Waals surface area contributed by atoms with Crippen molar-refractivity contribution in [2.45, 2.75) is 43.3 Å². The molecule has 0 saturated heterocycles. The Kier molecular flexibility index (Phi) is 6.56. The zero-order valence-corrected chi connectivity index (χ0v) is 15.8. The van der Waals surface area contributed by atoms with Gasteiger partial charge in [-0.3, -0.25) is 9.69 Å². The molecule has 0 heterocycles. The number of carboxylic acid groups (broad SMARTS) is 1.